The zero-order chi connectivity index (χ0) is 11.8. The molecule has 0 atom stereocenters. The van der Waals surface area contributed by atoms with Crippen LogP contribution in [0.2, 0.25) is 0 Å². The average Bonchev–Trinajstić information content (AvgIpc) is 2.30. The Morgan fingerprint density at radius 3 is 2.38 bits per heavy atom. The molecule has 1 aromatic rings. The van der Waals surface area contributed by atoms with E-state index in [1.807, 2.05) is 36.4 Å². The van der Waals surface area contributed by atoms with E-state index in [0.717, 1.165) is 30.8 Å². The maximum absolute atomic E-state index is 8.98. The minimum atomic E-state index is 0.737. The first-order chi connectivity index (χ1) is 7.81. The average molecular weight is 212 g/mol. The first-order valence-electron chi connectivity index (χ1n) is 5.24. The van der Waals surface area contributed by atoms with E-state index in [0.29, 0.717) is 0 Å². The van der Waals surface area contributed by atoms with E-state index in [9.17, 15) is 0 Å². The number of benzene rings is 1. The number of nitrogens with zero attached hydrogens (tertiary/aromatic N) is 2. The second-order valence-corrected chi connectivity index (χ2v) is 3.54. The van der Waals surface area contributed by atoms with Crippen LogP contribution in [0.4, 0.5) is 0 Å². The van der Waals surface area contributed by atoms with Crippen LogP contribution in [-0.4, -0.2) is 18.0 Å². The molecule has 0 aliphatic heterocycles. The Balaban J connectivity index is 2.80. The Morgan fingerprint density at radius 2 is 1.81 bits per heavy atom. The maximum Gasteiger partial charge on any atom is 0.0995 e. The SMILES string of the molecule is C=CCN(CC=C)Cc1ccccc1C#N. The third-order valence-electron chi connectivity index (χ3n) is 2.31. The monoisotopic (exact) mass is 212 g/mol. The molecule has 0 unspecified atom stereocenters. The molecule has 2 nitrogen and oxygen atoms in total. The van der Waals surface area contributed by atoms with Crippen molar-refractivity contribution in [1.29, 1.82) is 5.26 Å². The maximum atomic E-state index is 8.98. The zero-order valence-electron chi connectivity index (χ0n) is 9.39. The van der Waals surface area contributed by atoms with Crippen LogP contribution in [-0.2, 0) is 6.54 Å². The lowest BCUT2D eigenvalue weighted by atomic mass is 10.1. The summed E-state index contributed by atoms with van der Waals surface area (Å²) < 4.78 is 0. The summed E-state index contributed by atoms with van der Waals surface area (Å²) in [6.45, 7) is 9.80. The zero-order valence-corrected chi connectivity index (χ0v) is 9.39. The van der Waals surface area contributed by atoms with E-state index >= 15 is 0 Å². The van der Waals surface area contributed by atoms with Crippen molar-refractivity contribution < 1.29 is 0 Å². The predicted molar refractivity (Wildman–Crippen MR) is 66.8 cm³/mol. The van der Waals surface area contributed by atoms with Crippen LogP contribution < -0.4 is 0 Å². The lowest BCUT2D eigenvalue weighted by Crippen LogP contribution is -2.23. The van der Waals surface area contributed by atoms with Crippen molar-refractivity contribution in [3.63, 3.8) is 0 Å². The highest BCUT2D eigenvalue weighted by Gasteiger charge is 2.05. The molecular formula is C14H16N2. The van der Waals surface area contributed by atoms with Crippen molar-refractivity contribution in [2.24, 2.45) is 0 Å². The van der Waals surface area contributed by atoms with E-state index < -0.39 is 0 Å². The second-order valence-electron chi connectivity index (χ2n) is 3.54. The minimum Gasteiger partial charge on any atom is -0.292 e. The molecule has 0 aliphatic rings. The molecular weight excluding hydrogens is 196 g/mol. The summed E-state index contributed by atoms with van der Waals surface area (Å²) in [6.07, 6.45) is 3.72. The van der Waals surface area contributed by atoms with Gasteiger partial charge in [0.1, 0.15) is 0 Å². The van der Waals surface area contributed by atoms with Gasteiger partial charge in [0, 0.05) is 19.6 Å². The highest BCUT2D eigenvalue weighted by molar-refractivity contribution is 5.37. The van der Waals surface area contributed by atoms with Gasteiger partial charge in [0.05, 0.1) is 11.6 Å². The molecule has 1 aromatic carbocycles. The Bertz CT molecular complexity index is 391. The molecule has 1 rings (SSSR count). The molecule has 0 spiro atoms. The standard InChI is InChI=1S/C14H16N2/c1-3-9-16(10-4-2)12-14-8-6-5-7-13(14)11-15/h3-8H,1-2,9-10,12H2. The van der Waals surface area contributed by atoms with E-state index in [2.05, 4.69) is 24.1 Å². The molecule has 0 saturated carbocycles. The van der Waals surface area contributed by atoms with Gasteiger partial charge in [-0.2, -0.15) is 5.26 Å². The normalized spacial score (nSPS) is 9.75. The van der Waals surface area contributed by atoms with Gasteiger partial charge in [-0.25, -0.2) is 0 Å². The van der Waals surface area contributed by atoms with Crippen LogP contribution in [0, 0.1) is 11.3 Å². The third kappa shape index (κ3) is 3.38. The molecule has 82 valence electrons. The minimum absolute atomic E-state index is 0.737. The van der Waals surface area contributed by atoms with Crippen molar-refractivity contribution >= 4 is 0 Å². The van der Waals surface area contributed by atoms with Crippen LogP contribution >= 0.6 is 0 Å². The van der Waals surface area contributed by atoms with Crippen LogP contribution in [0.3, 0.4) is 0 Å². The van der Waals surface area contributed by atoms with Crippen molar-refractivity contribution in [1.82, 2.24) is 4.90 Å². The van der Waals surface area contributed by atoms with Gasteiger partial charge in [-0.05, 0) is 11.6 Å². The number of hydrogen-bond donors (Lipinski definition) is 0. The van der Waals surface area contributed by atoms with E-state index in [4.69, 9.17) is 5.26 Å². The number of nitriles is 1. The Hall–Kier alpha value is -1.85. The fourth-order valence-electron chi connectivity index (χ4n) is 1.58. The molecule has 0 saturated heterocycles. The third-order valence-corrected chi connectivity index (χ3v) is 2.31. The van der Waals surface area contributed by atoms with E-state index in [1.54, 1.807) is 0 Å². The summed E-state index contributed by atoms with van der Waals surface area (Å²) in [5.74, 6) is 0. The van der Waals surface area contributed by atoms with Crippen molar-refractivity contribution in [2.45, 2.75) is 6.54 Å². The summed E-state index contributed by atoms with van der Waals surface area (Å²) in [7, 11) is 0. The number of rotatable bonds is 6. The summed E-state index contributed by atoms with van der Waals surface area (Å²) in [5.41, 5.74) is 1.79. The lowest BCUT2D eigenvalue weighted by molar-refractivity contribution is 0.327. The summed E-state index contributed by atoms with van der Waals surface area (Å²) in [5, 5.41) is 8.98. The lowest BCUT2D eigenvalue weighted by Gasteiger charge is -2.19. The van der Waals surface area contributed by atoms with E-state index in [1.165, 1.54) is 0 Å². The predicted octanol–water partition coefficient (Wildman–Crippen LogP) is 2.73. The summed E-state index contributed by atoms with van der Waals surface area (Å²) in [6, 6.07) is 9.87. The van der Waals surface area contributed by atoms with Gasteiger partial charge >= 0.3 is 0 Å². The van der Waals surface area contributed by atoms with Crippen LogP contribution in [0.25, 0.3) is 0 Å². The van der Waals surface area contributed by atoms with E-state index in [-0.39, 0.29) is 0 Å². The fourth-order valence-corrected chi connectivity index (χ4v) is 1.58. The molecule has 0 amide bonds. The second kappa shape index (κ2) is 6.60. The van der Waals surface area contributed by atoms with Crippen LogP contribution in [0.1, 0.15) is 11.1 Å². The first-order valence-corrected chi connectivity index (χ1v) is 5.24. The quantitative estimate of drug-likeness (QED) is 0.678. The van der Waals surface area contributed by atoms with Crippen LogP contribution in [0.15, 0.2) is 49.6 Å². The largest absolute Gasteiger partial charge is 0.292 e. The van der Waals surface area contributed by atoms with Gasteiger partial charge in [-0.1, -0.05) is 30.4 Å². The molecule has 16 heavy (non-hydrogen) atoms. The summed E-state index contributed by atoms with van der Waals surface area (Å²) in [4.78, 5) is 2.18. The number of hydrogen-bond acceptors (Lipinski definition) is 2. The summed E-state index contributed by atoms with van der Waals surface area (Å²) >= 11 is 0. The van der Waals surface area contributed by atoms with Gasteiger partial charge in [0.25, 0.3) is 0 Å². The molecule has 0 N–H and O–H groups in total. The first kappa shape index (κ1) is 12.2. The highest BCUT2D eigenvalue weighted by atomic mass is 15.1. The molecule has 0 radical (unpaired) electrons. The molecule has 0 heterocycles. The van der Waals surface area contributed by atoms with Gasteiger partial charge in [0.2, 0.25) is 0 Å². The fraction of sp³-hybridized carbons (Fsp3) is 0.214. The Labute approximate surface area is 97.1 Å². The van der Waals surface area contributed by atoms with Gasteiger partial charge in [-0.15, -0.1) is 13.2 Å². The van der Waals surface area contributed by atoms with Gasteiger partial charge < -0.3 is 0 Å². The highest BCUT2D eigenvalue weighted by Crippen LogP contribution is 2.10. The Morgan fingerprint density at radius 1 is 1.19 bits per heavy atom. The van der Waals surface area contributed by atoms with Crippen LogP contribution in [0.5, 0.6) is 0 Å². The molecule has 0 bridgehead atoms. The molecule has 0 aliphatic carbocycles. The van der Waals surface area contributed by atoms with Gasteiger partial charge in [-0.3, -0.25) is 4.90 Å². The molecule has 0 fully saturated rings. The smallest absolute Gasteiger partial charge is 0.0995 e. The molecule has 0 aromatic heterocycles. The molecule has 2 heteroatoms. The topological polar surface area (TPSA) is 27.0 Å². The van der Waals surface area contributed by atoms with Crippen molar-refractivity contribution in [2.75, 3.05) is 13.1 Å². The van der Waals surface area contributed by atoms with Crippen molar-refractivity contribution in [3.8, 4) is 6.07 Å². The van der Waals surface area contributed by atoms with Crippen molar-refractivity contribution in [3.05, 3.63) is 60.7 Å². The Kier molecular flexibility index (Phi) is 5.04. The van der Waals surface area contributed by atoms with Gasteiger partial charge in [0.15, 0.2) is 0 Å².